The monoisotopic (exact) mass is 328 g/mol. The van der Waals surface area contributed by atoms with E-state index in [9.17, 15) is 4.79 Å². The van der Waals surface area contributed by atoms with Gasteiger partial charge in [0, 0.05) is 6.54 Å². The molecule has 1 aliphatic heterocycles. The topological polar surface area (TPSA) is 54.7 Å². The largest absolute Gasteiger partial charge is 0.484 e. The van der Waals surface area contributed by atoms with Crippen molar-refractivity contribution >= 4 is 5.91 Å². The summed E-state index contributed by atoms with van der Waals surface area (Å²) in [6.07, 6.45) is 4.07. The lowest BCUT2D eigenvalue weighted by Gasteiger charge is -2.26. The minimum atomic E-state index is -0.119. The summed E-state index contributed by atoms with van der Waals surface area (Å²) < 4.78 is 11.1. The number of hydrogen-bond donors (Lipinski definition) is 1. The molecular weight excluding hydrogens is 304 g/mol. The number of nitrogens with one attached hydrogen (secondary N) is 1. The lowest BCUT2D eigenvalue weighted by Crippen LogP contribution is -2.38. The Morgan fingerprint density at radius 3 is 2.67 bits per heavy atom. The quantitative estimate of drug-likeness (QED) is 0.849. The van der Waals surface area contributed by atoms with Crippen LogP contribution in [0.3, 0.4) is 0 Å². The number of carbonyl (C=O) groups is 1. The summed E-state index contributed by atoms with van der Waals surface area (Å²) in [7, 11) is 0. The first-order valence-corrected chi connectivity index (χ1v) is 8.46. The van der Waals surface area contributed by atoms with Gasteiger partial charge in [-0.05, 0) is 57.1 Å². The predicted octanol–water partition coefficient (Wildman–Crippen LogP) is 2.92. The van der Waals surface area contributed by atoms with Crippen LogP contribution in [0.5, 0.6) is 5.75 Å². The fourth-order valence-electron chi connectivity index (χ4n) is 2.99. The van der Waals surface area contributed by atoms with Crippen LogP contribution in [0, 0.1) is 6.92 Å². The Kier molecular flexibility index (Phi) is 5.54. The van der Waals surface area contributed by atoms with Gasteiger partial charge in [-0.25, -0.2) is 0 Å². The molecule has 1 N–H and O–H groups in total. The molecule has 2 heterocycles. The standard InChI is InChI=1S/C19H24N2O3/c1-15-6-8-16(9-7-15)24-14-19(22)20-13-17(18-5-4-12-23-18)21-10-2-3-11-21/h4-9,12,17H,2-3,10-11,13-14H2,1H3,(H,20,22)/t17-/m1/s1. The van der Waals surface area contributed by atoms with Crippen LogP contribution in [0.15, 0.2) is 47.1 Å². The van der Waals surface area contributed by atoms with Crippen molar-refractivity contribution in [2.24, 2.45) is 0 Å². The molecule has 0 radical (unpaired) electrons. The van der Waals surface area contributed by atoms with E-state index < -0.39 is 0 Å². The molecule has 0 aliphatic carbocycles. The molecule has 1 atom stereocenters. The lowest BCUT2D eigenvalue weighted by atomic mass is 10.2. The molecule has 128 valence electrons. The number of ether oxygens (including phenoxy) is 1. The second-order valence-corrected chi connectivity index (χ2v) is 6.18. The van der Waals surface area contributed by atoms with Gasteiger partial charge < -0.3 is 14.5 Å². The Bertz CT molecular complexity index is 631. The number of amides is 1. The van der Waals surface area contributed by atoms with Crippen LogP contribution in [0.25, 0.3) is 0 Å². The third kappa shape index (κ3) is 4.38. The third-order valence-corrected chi connectivity index (χ3v) is 4.34. The van der Waals surface area contributed by atoms with Crippen molar-refractivity contribution in [1.82, 2.24) is 10.2 Å². The van der Waals surface area contributed by atoms with Crippen LogP contribution < -0.4 is 10.1 Å². The van der Waals surface area contributed by atoms with Gasteiger partial charge in [-0.2, -0.15) is 0 Å². The maximum Gasteiger partial charge on any atom is 0.258 e. The van der Waals surface area contributed by atoms with Gasteiger partial charge in [-0.15, -0.1) is 0 Å². The minimum Gasteiger partial charge on any atom is -0.484 e. The summed E-state index contributed by atoms with van der Waals surface area (Å²) in [5.41, 5.74) is 1.17. The van der Waals surface area contributed by atoms with E-state index in [2.05, 4.69) is 10.2 Å². The third-order valence-electron chi connectivity index (χ3n) is 4.34. The van der Waals surface area contributed by atoms with Crippen LogP contribution >= 0.6 is 0 Å². The zero-order valence-corrected chi connectivity index (χ0v) is 14.0. The molecule has 1 amide bonds. The summed E-state index contributed by atoms with van der Waals surface area (Å²) in [6, 6.07) is 11.6. The van der Waals surface area contributed by atoms with E-state index >= 15 is 0 Å². The summed E-state index contributed by atoms with van der Waals surface area (Å²) in [4.78, 5) is 14.4. The number of benzene rings is 1. The Morgan fingerprint density at radius 2 is 2.00 bits per heavy atom. The molecule has 3 rings (SSSR count). The van der Waals surface area contributed by atoms with Crippen LogP contribution in [0.2, 0.25) is 0 Å². The first kappa shape index (κ1) is 16.6. The Balaban J connectivity index is 1.50. The summed E-state index contributed by atoms with van der Waals surface area (Å²) >= 11 is 0. The van der Waals surface area contributed by atoms with Crippen molar-refractivity contribution in [2.45, 2.75) is 25.8 Å². The van der Waals surface area contributed by atoms with E-state index in [1.165, 1.54) is 18.4 Å². The van der Waals surface area contributed by atoms with Crippen LogP contribution in [-0.2, 0) is 4.79 Å². The molecule has 1 aromatic heterocycles. The number of aryl methyl sites for hydroxylation is 1. The molecule has 5 nitrogen and oxygen atoms in total. The van der Waals surface area contributed by atoms with Gasteiger partial charge in [0.25, 0.3) is 5.91 Å². The van der Waals surface area contributed by atoms with E-state index in [1.54, 1.807) is 6.26 Å². The van der Waals surface area contributed by atoms with Crippen molar-refractivity contribution in [3.8, 4) is 5.75 Å². The van der Waals surface area contributed by atoms with E-state index in [-0.39, 0.29) is 18.6 Å². The van der Waals surface area contributed by atoms with Gasteiger partial charge in [-0.3, -0.25) is 9.69 Å². The highest BCUT2D eigenvalue weighted by Crippen LogP contribution is 2.24. The van der Waals surface area contributed by atoms with Crippen molar-refractivity contribution in [3.63, 3.8) is 0 Å². The smallest absolute Gasteiger partial charge is 0.258 e. The van der Waals surface area contributed by atoms with Gasteiger partial charge in [-0.1, -0.05) is 17.7 Å². The van der Waals surface area contributed by atoms with Crippen LogP contribution in [0.4, 0.5) is 0 Å². The molecule has 1 aromatic carbocycles. The summed E-state index contributed by atoms with van der Waals surface area (Å²) in [6.45, 7) is 4.66. The van der Waals surface area contributed by atoms with Crippen molar-refractivity contribution in [2.75, 3.05) is 26.2 Å². The average Bonchev–Trinajstić information content (AvgIpc) is 3.29. The minimum absolute atomic E-state index is 0.0218. The van der Waals surface area contributed by atoms with Crippen LogP contribution in [0.1, 0.15) is 30.2 Å². The number of hydrogen-bond acceptors (Lipinski definition) is 4. The van der Waals surface area contributed by atoms with Gasteiger partial charge in [0.15, 0.2) is 6.61 Å². The molecule has 1 aliphatic rings. The van der Waals surface area contributed by atoms with Crippen molar-refractivity contribution < 1.29 is 13.9 Å². The Morgan fingerprint density at radius 1 is 1.25 bits per heavy atom. The first-order valence-electron chi connectivity index (χ1n) is 8.46. The highest BCUT2D eigenvalue weighted by atomic mass is 16.5. The van der Waals surface area contributed by atoms with E-state index in [0.29, 0.717) is 12.3 Å². The molecule has 2 aromatic rings. The normalized spacial score (nSPS) is 16.0. The van der Waals surface area contributed by atoms with Crippen molar-refractivity contribution in [1.29, 1.82) is 0 Å². The summed E-state index contributed by atoms with van der Waals surface area (Å²) in [5.74, 6) is 1.49. The molecule has 5 heteroatoms. The Labute approximate surface area is 142 Å². The fourth-order valence-corrected chi connectivity index (χ4v) is 2.99. The number of carbonyl (C=O) groups excluding carboxylic acids is 1. The number of furan rings is 1. The molecule has 0 unspecified atom stereocenters. The van der Waals surface area contributed by atoms with E-state index in [0.717, 1.165) is 18.8 Å². The number of rotatable bonds is 7. The molecular formula is C19H24N2O3. The van der Waals surface area contributed by atoms with Gasteiger partial charge in [0.1, 0.15) is 11.5 Å². The molecule has 24 heavy (non-hydrogen) atoms. The maximum atomic E-state index is 12.1. The zero-order valence-electron chi connectivity index (χ0n) is 14.0. The lowest BCUT2D eigenvalue weighted by molar-refractivity contribution is -0.123. The van der Waals surface area contributed by atoms with Crippen LogP contribution in [-0.4, -0.2) is 37.0 Å². The van der Waals surface area contributed by atoms with E-state index in [1.807, 2.05) is 43.3 Å². The molecule has 0 spiro atoms. The average molecular weight is 328 g/mol. The molecule has 1 fully saturated rings. The maximum absolute atomic E-state index is 12.1. The second kappa shape index (κ2) is 8.02. The molecule has 0 bridgehead atoms. The fraction of sp³-hybridized carbons (Fsp3) is 0.421. The first-order chi connectivity index (χ1) is 11.7. The summed E-state index contributed by atoms with van der Waals surface area (Å²) in [5, 5.41) is 2.96. The molecule has 0 saturated carbocycles. The Hall–Kier alpha value is -2.27. The van der Waals surface area contributed by atoms with Gasteiger partial charge in [0.05, 0.1) is 12.3 Å². The SMILES string of the molecule is Cc1ccc(OCC(=O)NC[C@H](c2ccco2)N2CCCC2)cc1. The predicted molar refractivity (Wildman–Crippen MR) is 91.9 cm³/mol. The number of likely N-dealkylation sites (tertiary alicyclic amines) is 1. The highest BCUT2D eigenvalue weighted by Gasteiger charge is 2.25. The van der Waals surface area contributed by atoms with Gasteiger partial charge >= 0.3 is 0 Å². The van der Waals surface area contributed by atoms with E-state index in [4.69, 9.17) is 9.15 Å². The highest BCUT2D eigenvalue weighted by molar-refractivity contribution is 5.77. The number of nitrogens with zero attached hydrogens (tertiary/aromatic N) is 1. The second-order valence-electron chi connectivity index (χ2n) is 6.18. The zero-order chi connectivity index (χ0) is 16.8. The van der Waals surface area contributed by atoms with Crippen molar-refractivity contribution in [3.05, 3.63) is 54.0 Å². The van der Waals surface area contributed by atoms with Gasteiger partial charge in [0.2, 0.25) is 0 Å². The molecule has 1 saturated heterocycles.